The van der Waals surface area contributed by atoms with Crippen LogP contribution >= 0.6 is 0 Å². The van der Waals surface area contributed by atoms with Gasteiger partial charge >= 0.3 is 0 Å². The summed E-state index contributed by atoms with van der Waals surface area (Å²) in [6.45, 7) is 3.67. The third-order valence-electron chi connectivity index (χ3n) is 2.04. The van der Waals surface area contributed by atoms with Crippen LogP contribution in [0.3, 0.4) is 0 Å². The predicted octanol–water partition coefficient (Wildman–Crippen LogP) is 1.29. The number of rotatable bonds is 3. The Morgan fingerprint density at radius 2 is 2.14 bits per heavy atom. The van der Waals surface area contributed by atoms with Crippen molar-refractivity contribution < 1.29 is 4.79 Å². The average molecular weight is 190 g/mol. The van der Waals surface area contributed by atoms with E-state index in [9.17, 15) is 4.79 Å². The second-order valence-corrected chi connectivity index (χ2v) is 3.21. The quantitative estimate of drug-likeness (QED) is 0.717. The molecule has 1 atom stereocenters. The molecule has 0 aliphatic rings. The van der Waals surface area contributed by atoms with E-state index in [1.807, 2.05) is 31.2 Å². The molecule has 0 spiro atoms. The maximum absolute atomic E-state index is 10.7. The van der Waals surface area contributed by atoms with Crippen LogP contribution in [0.25, 0.3) is 0 Å². The molecule has 0 saturated heterocycles. The normalized spacial score (nSPS) is 13.0. The number of nitrogens with two attached hydrogens (primary N) is 1. The zero-order valence-electron chi connectivity index (χ0n) is 8.40. The lowest BCUT2D eigenvalue weighted by molar-refractivity contribution is -0.118. The summed E-state index contributed by atoms with van der Waals surface area (Å²) >= 11 is 0. The van der Waals surface area contributed by atoms with E-state index in [0.29, 0.717) is 0 Å². The lowest BCUT2D eigenvalue weighted by atomic mass is 10.1. The first-order chi connectivity index (χ1) is 6.61. The van der Waals surface area contributed by atoms with Crippen LogP contribution in [0.5, 0.6) is 0 Å². The van der Waals surface area contributed by atoms with Gasteiger partial charge in [0.05, 0.1) is 0 Å². The first-order valence-corrected chi connectivity index (χ1v) is 4.49. The third kappa shape index (κ3) is 2.69. The van der Waals surface area contributed by atoms with E-state index in [0.717, 1.165) is 11.1 Å². The minimum absolute atomic E-state index is 0.408. The van der Waals surface area contributed by atoms with Gasteiger partial charge in [-0.25, -0.2) is 0 Å². The van der Waals surface area contributed by atoms with Crippen LogP contribution in [0.1, 0.15) is 18.1 Å². The molecular formula is C11H14N2O. The zero-order chi connectivity index (χ0) is 10.6. The second-order valence-electron chi connectivity index (χ2n) is 3.21. The summed E-state index contributed by atoms with van der Waals surface area (Å²) in [5.41, 5.74) is 7.23. The highest BCUT2D eigenvalue weighted by Gasteiger charge is 2.03. The van der Waals surface area contributed by atoms with Gasteiger partial charge in [-0.05, 0) is 25.0 Å². The topological polar surface area (TPSA) is 55.4 Å². The van der Waals surface area contributed by atoms with Crippen molar-refractivity contribution in [2.45, 2.75) is 19.9 Å². The van der Waals surface area contributed by atoms with E-state index in [4.69, 9.17) is 5.73 Å². The third-order valence-corrected chi connectivity index (χ3v) is 2.04. The molecule has 1 aromatic carbocycles. The average Bonchev–Trinajstić information content (AvgIpc) is 2.16. The number of aryl methyl sites for hydroxylation is 1. The van der Waals surface area contributed by atoms with E-state index < -0.39 is 11.9 Å². The largest absolute Gasteiger partial charge is 0.368 e. The fourth-order valence-corrected chi connectivity index (χ4v) is 0.997. The number of carbonyl (C=O) groups excluding carboxylic acids is 1. The van der Waals surface area contributed by atoms with E-state index in [-0.39, 0.29) is 0 Å². The minimum Gasteiger partial charge on any atom is -0.368 e. The first-order valence-electron chi connectivity index (χ1n) is 4.49. The van der Waals surface area contributed by atoms with Gasteiger partial charge in [-0.15, -0.1) is 0 Å². The number of aliphatic imine (C=N–C) groups is 1. The molecule has 2 N–H and O–H groups in total. The number of benzene rings is 1. The zero-order valence-corrected chi connectivity index (χ0v) is 8.40. The fraction of sp³-hybridized carbons (Fsp3) is 0.273. The molecule has 3 heteroatoms. The first kappa shape index (κ1) is 10.4. The van der Waals surface area contributed by atoms with Gasteiger partial charge in [0.25, 0.3) is 0 Å². The van der Waals surface area contributed by atoms with Crippen LogP contribution in [0, 0.1) is 6.92 Å². The maximum Gasteiger partial charge on any atom is 0.241 e. The monoisotopic (exact) mass is 190 g/mol. The van der Waals surface area contributed by atoms with E-state index >= 15 is 0 Å². The number of hydrogen-bond acceptors (Lipinski definition) is 2. The molecule has 0 heterocycles. The lowest BCUT2D eigenvalue weighted by Gasteiger charge is -2.01. The Morgan fingerprint density at radius 1 is 1.50 bits per heavy atom. The summed E-state index contributed by atoms with van der Waals surface area (Å²) in [6.07, 6.45) is 1.69. The van der Waals surface area contributed by atoms with Crippen molar-refractivity contribution in [2.24, 2.45) is 10.7 Å². The number of nitrogens with zero attached hydrogens (tertiary/aromatic N) is 1. The molecule has 3 nitrogen and oxygen atoms in total. The number of amides is 1. The molecule has 1 amide bonds. The maximum atomic E-state index is 10.7. The Balaban J connectivity index is 2.78. The SMILES string of the molecule is Cc1ccccc1C=N[C@H](C)C(N)=O. The van der Waals surface area contributed by atoms with Crippen LogP contribution in [0.4, 0.5) is 0 Å². The van der Waals surface area contributed by atoms with Crippen LogP contribution in [-0.4, -0.2) is 18.2 Å². The summed E-state index contributed by atoms with van der Waals surface area (Å²) in [6, 6.07) is 7.38. The molecule has 0 saturated carbocycles. The molecule has 74 valence electrons. The van der Waals surface area contributed by atoms with Gasteiger partial charge in [0, 0.05) is 6.21 Å². The van der Waals surface area contributed by atoms with Crippen LogP contribution in [0.2, 0.25) is 0 Å². The van der Waals surface area contributed by atoms with Gasteiger partial charge in [0.1, 0.15) is 6.04 Å². The molecule has 0 unspecified atom stereocenters. The fourth-order valence-electron chi connectivity index (χ4n) is 0.997. The lowest BCUT2D eigenvalue weighted by Crippen LogP contribution is -2.23. The van der Waals surface area contributed by atoms with Crippen molar-refractivity contribution in [1.82, 2.24) is 0 Å². The summed E-state index contributed by atoms with van der Waals surface area (Å²) in [7, 11) is 0. The molecule has 1 aromatic rings. The van der Waals surface area contributed by atoms with E-state index in [1.54, 1.807) is 13.1 Å². The van der Waals surface area contributed by atoms with E-state index in [2.05, 4.69) is 4.99 Å². The van der Waals surface area contributed by atoms with Crippen molar-refractivity contribution >= 4 is 12.1 Å². The summed E-state index contributed by atoms with van der Waals surface area (Å²) in [5.74, 6) is -0.408. The minimum atomic E-state index is -0.463. The Morgan fingerprint density at radius 3 is 2.71 bits per heavy atom. The molecule has 14 heavy (non-hydrogen) atoms. The molecular weight excluding hydrogens is 176 g/mol. The molecule has 0 bridgehead atoms. The molecule has 0 aliphatic carbocycles. The predicted molar refractivity (Wildman–Crippen MR) is 57.4 cm³/mol. The summed E-state index contributed by atoms with van der Waals surface area (Å²) in [4.78, 5) is 14.8. The van der Waals surface area contributed by atoms with Crippen molar-refractivity contribution in [3.63, 3.8) is 0 Å². The van der Waals surface area contributed by atoms with E-state index in [1.165, 1.54) is 0 Å². The second kappa shape index (κ2) is 4.56. The number of primary amides is 1. The standard InChI is InChI=1S/C11H14N2O/c1-8-5-3-4-6-10(8)7-13-9(2)11(12)14/h3-7,9H,1-2H3,(H2,12,14)/t9-/m1/s1. The summed E-state index contributed by atoms with van der Waals surface area (Å²) < 4.78 is 0. The highest BCUT2D eigenvalue weighted by atomic mass is 16.1. The number of carbonyl (C=O) groups is 1. The van der Waals surface area contributed by atoms with Gasteiger partial charge < -0.3 is 5.73 Å². The van der Waals surface area contributed by atoms with Crippen LogP contribution in [-0.2, 0) is 4.79 Å². The van der Waals surface area contributed by atoms with Gasteiger partial charge in [0.2, 0.25) is 5.91 Å². The van der Waals surface area contributed by atoms with Crippen LogP contribution < -0.4 is 5.73 Å². The summed E-state index contributed by atoms with van der Waals surface area (Å²) in [5, 5.41) is 0. The molecule has 1 rings (SSSR count). The van der Waals surface area contributed by atoms with Crippen molar-refractivity contribution in [2.75, 3.05) is 0 Å². The molecule has 0 aromatic heterocycles. The Hall–Kier alpha value is -1.64. The molecule has 0 aliphatic heterocycles. The molecule has 0 radical (unpaired) electrons. The van der Waals surface area contributed by atoms with Gasteiger partial charge in [0.15, 0.2) is 0 Å². The Bertz CT molecular complexity index is 358. The smallest absolute Gasteiger partial charge is 0.241 e. The number of hydrogen-bond donors (Lipinski definition) is 1. The van der Waals surface area contributed by atoms with Gasteiger partial charge in [-0.2, -0.15) is 0 Å². The van der Waals surface area contributed by atoms with Gasteiger partial charge in [-0.1, -0.05) is 24.3 Å². The van der Waals surface area contributed by atoms with Crippen molar-refractivity contribution in [1.29, 1.82) is 0 Å². The Labute approximate surface area is 83.7 Å². The van der Waals surface area contributed by atoms with Crippen molar-refractivity contribution in [3.05, 3.63) is 35.4 Å². The highest BCUT2D eigenvalue weighted by Crippen LogP contribution is 2.04. The molecule has 0 fully saturated rings. The highest BCUT2D eigenvalue weighted by molar-refractivity contribution is 5.86. The van der Waals surface area contributed by atoms with Gasteiger partial charge in [-0.3, -0.25) is 9.79 Å². The Kier molecular flexibility index (Phi) is 3.40. The van der Waals surface area contributed by atoms with Crippen molar-refractivity contribution in [3.8, 4) is 0 Å². The van der Waals surface area contributed by atoms with Crippen LogP contribution in [0.15, 0.2) is 29.3 Å².